The Balaban J connectivity index is 1.81. The topological polar surface area (TPSA) is 79.5 Å². The summed E-state index contributed by atoms with van der Waals surface area (Å²) in [6.07, 6.45) is 0.528. The number of hydrogen-bond donors (Lipinski definition) is 1. The van der Waals surface area contributed by atoms with Crippen LogP contribution in [0.1, 0.15) is 11.1 Å². The van der Waals surface area contributed by atoms with E-state index in [1.807, 2.05) is 12.1 Å². The third-order valence-electron chi connectivity index (χ3n) is 5.12. The van der Waals surface area contributed by atoms with Crippen molar-refractivity contribution in [3.63, 3.8) is 0 Å². The second kappa shape index (κ2) is 5.14. The minimum atomic E-state index is -3.58. The molecule has 0 saturated carbocycles. The molecule has 2 aliphatic rings. The highest BCUT2D eigenvalue weighted by Crippen LogP contribution is 2.39. The van der Waals surface area contributed by atoms with Crippen LogP contribution in [-0.4, -0.2) is 44.0 Å². The molecule has 1 N–H and O–H groups in total. The van der Waals surface area contributed by atoms with E-state index >= 15 is 0 Å². The quantitative estimate of drug-likeness (QED) is 0.554. The molecule has 0 radical (unpaired) electrons. The van der Waals surface area contributed by atoms with Crippen molar-refractivity contribution in [2.45, 2.75) is 11.3 Å². The van der Waals surface area contributed by atoms with Crippen LogP contribution < -0.4 is 5.56 Å². The fraction of sp³-hybridized carbons (Fsp3) is 0.278. The summed E-state index contributed by atoms with van der Waals surface area (Å²) in [7, 11) is -3.58. The Labute approximate surface area is 144 Å². The second-order valence-corrected chi connectivity index (χ2v) is 8.36. The van der Waals surface area contributed by atoms with Gasteiger partial charge < -0.3 is 9.72 Å². The van der Waals surface area contributed by atoms with Crippen molar-refractivity contribution >= 4 is 31.7 Å². The largest absolute Gasteiger partial charge is 0.379 e. The molecule has 2 heterocycles. The SMILES string of the molecule is O=c1[nH]c2ccc(S(=O)(=O)N3CCOCC3)c3c2c2c(cccc12)C3. The first-order valence-electron chi connectivity index (χ1n) is 8.25. The number of aromatic nitrogens is 1. The molecule has 0 amide bonds. The summed E-state index contributed by atoms with van der Waals surface area (Å²) in [4.78, 5) is 15.5. The van der Waals surface area contributed by atoms with E-state index < -0.39 is 10.0 Å². The van der Waals surface area contributed by atoms with Crippen LogP contribution in [0.5, 0.6) is 0 Å². The lowest BCUT2D eigenvalue weighted by Gasteiger charge is -2.27. The van der Waals surface area contributed by atoms with Crippen LogP contribution in [-0.2, 0) is 21.2 Å². The highest BCUT2D eigenvalue weighted by atomic mass is 32.2. The van der Waals surface area contributed by atoms with Gasteiger partial charge in [0.2, 0.25) is 10.0 Å². The van der Waals surface area contributed by atoms with E-state index in [2.05, 4.69) is 4.98 Å². The van der Waals surface area contributed by atoms with E-state index in [4.69, 9.17) is 4.74 Å². The first kappa shape index (κ1) is 15.1. The molecule has 25 heavy (non-hydrogen) atoms. The average molecular weight is 356 g/mol. The first-order valence-corrected chi connectivity index (χ1v) is 9.69. The minimum absolute atomic E-state index is 0.138. The van der Waals surface area contributed by atoms with Crippen molar-refractivity contribution in [2.24, 2.45) is 0 Å². The van der Waals surface area contributed by atoms with Crippen LogP contribution >= 0.6 is 0 Å². The number of ether oxygens (including phenoxy) is 1. The van der Waals surface area contributed by atoms with Crippen molar-refractivity contribution in [1.29, 1.82) is 0 Å². The molecule has 1 aliphatic carbocycles. The zero-order chi connectivity index (χ0) is 17.2. The highest BCUT2D eigenvalue weighted by Gasteiger charge is 2.32. The van der Waals surface area contributed by atoms with Gasteiger partial charge in [0, 0.05) is 41.2 Å². The fourth-order valence-electron chi connectivity index (χ4n) is 3.97. The predicted octanol–water partition coefficient (Wildman–Crippen LogP) is 1.61. The smallest absolute Gasteiger partial charge is 0.256 e. The number of nitrogens with one attached hydrogen (secondary N) is 1. The Morgan fingerprint density at radius 1 is 1.04 bits per heavy atom. The average Bonchev–Trinajstić information content (AvgIpc) is 3.02. The van der Waals surface area contributed by atoms with Crippen molar-refractivity contribution in [3.8, 4) is 0 Å². The standard InChI is InChI=1S/C18H16N2O4S/c21-18-12-3-1-2-11-10-13-15(5-4-14(19-18)17(13)16(11)12)25(22,23)20-6-8-24-9-7-20/h1-5H,6-10H2,(H,19,21). The number of H-pyrrole nitrogens is 1. The van der Waals surface area contributed by atoms with E-state index in [0.29, 0.717) is 48.5 Å². The lowest BCUT2D eigenvalue weighted by Crippen LogP contribution is -2.40. The molecule has 3 aromatic rings. The normalized spacial score (nSPS) is 17.8. The molecule has 6 nitrogen and oxygen atoms in total. The monoisotopic (exact) mass is 356 g/mol. The molecule has 2 aromatic carbocycles. The summed E-state index contributed by atoms with van der Waals surface area (Å²) in [5, 5.41) is 2.36. The second-order valence-electron chi connectivity index (χ2n) is 6.45. The summed E-state index contributed by atoms with van der Waals surface area (Å²) in [5.74, 6) is 0. The van der Waals surface area contributed by atoms with E-state index in [0.717, 1.165) is 21.9 Å². The number of morpholine rings is 1. The molecule has 1 fully saturated rings. The maximum absolute atomic E-state index is 13.2. The number of rotatable bonds is 2. The molecule has 1 aliphatic heterocycles. The van der Waals surface area contributed by atoms with E-state index in [9.17, 15) is 13.2 Å². The van der Waals surface area contributed by atoms with Gasteiger partial charge in [-0.3, -0.25) is 4.79 Å². The summed E-state index contributed by atoms with van der Waals surface area (Å²) < 4.78 is 33.1. The number of hydrogen-bond acceptors (Lipinski definition) is 4. The minimum Gasteiger partial charge on any atom is -0.379 e. The van der Waals surface area contributed by atoms with Crippen LogP contribution in [0.4, 0.5) is 0 Å². The maximum atomic E-state index is 13.2. The number of benzene rings is 2. The molecule has 0 bridgehead atoms. The third-order valence-corrected chi connectivity index (χ3v) is 7.10. The first-order chi connectivity index (χ1) is 12.1. The third kappa shape index (κ3) is 2.03. The van der Waals surface area contributed by atoms with E-state index in [1.165, 1.54) is 4.31 Å². The summed E-state index contributed by atoms with van der Waals surface area (Å²) in [6, 6.07) is 8.92. The van der Waals surface area contributed by atoms with Crippen LogP contribution in [0.2, 0.25) is 0 Å². The number of nitrogens with zero attached hydrogens (tertiary/aromatic N) is 1. The molecule has 0 spiro atoms. The molecule has 0 atom stereocenters. The van der Waals surface area contributed by atoms with Gasteiger partial charge in [0.25, 0.3) is 5.56 Å². The van der Waals surface area contributed by atoms with Gasteiger partial charge in [-0.1, -0.05) is 12.1 Å². The van der Waals surface area contributed by atoms with Crippen LogP contribution in [0.15, 0.2) is 40.0 Å². The lowest BCUT2D eigenvalue weighted by atomic mass is 10.1. The van der Waals surface area contributed by atoms with Gasteiger partial charge in [-0.15, -0.1) is 0 Å². The highest BCUT2D eigenvalue weighted by molar-refractivity contribution is 7.89. The van der Waals surface area contributed by atoms with Crippen LogP contribution in [0.25, 0.3) is 21.7 Å². The van der Waals surface area contributed by atoms with Gasteiger partial charge in [0.15, 0.2) is 0 Å². The van der Waals surface area contributed by atoms with Crippen molar-refractivity contribution < 1.29 is 13.2 Å². The molecule has 7 heteroatoms. The Hall–Kier alpha value is -2.22. The maximum Gasteiger partial charge on any atom is 0.256 e. The zero-order valence-electron chi connectivity index (χ0n) is 13.4. The molecule has 0 unspecified atom stereocenters. The Kier molecular flexibility index (Phi) is 3.10. The van der Waals surface area contributed by atoms with Gasteiger partial charge in [-0.05, 0) is 29.3 Å². The number of aromatic amines is 1. The molecule has 1 aromatic heterocycles. The van der Waals surface area contributed by atoms with Crippen LogP contribution in [0, 0.1) is 0 Å². The molecular weight excluding hydrogens is 340 g/mol. The molecule has 5 rings (SSSR count). The van der Waals surface area contributed by atoms with Gasteiger partial charge in [-0.25, -0.2) is 8.42 Å². The van der Waals surface area contributed by atoms with Gasteiger partial charge in [0.1, 0.15) is 0 Å². The van der Waals surface area contributed by atoms with Gasteiger partial charge >= 0.3 is 0 Å². The molecule has 128 valence electrons. The predicted molar refractivity (Wildman–Crippen MR) is 94.5 cm³/mol. The fourth-order valence-corrected chi connectivity index (χ4v) is 5.61. The zero-order valence-corrected chi connectivity index (χ0v) is 14.2. The Bertz CT molecular complexity index is 1190. The van der Waals surface area contributed by atoms with Gasteiger partial charge in [0.05, 0.1) is 18.1 Å². The van der Waals surface area contributed by atoms with E-state index in [-0.39, 0.29) is 5.56 Å². The van der Waals surface area contributed by atoms with Gasteiger partial charge in [-0.2, -0.15) is 4.31 Å². The Morgan fingerprint density at radius 3 is 2.64 bits per heavy atom. The summed E-state index contributed by atoms with van der Waals surface area (Å²) >= 11 is 0. The summed E-state index contributed by atoms with van der Waals surface area (Å²) in [5.41, 5.74) is 2.35. The van der Waals surface area contributed by atoms with Crippen molar-refractivity contribution in [3.05, 3.63) is 51.8 Å². The lowest BCUT2D eigenvalue weighted by molar-refractivity contribution is 0.0730. The van der Waals surface area contributed by atoms with Crippen molar-refractivity contribution in [1.82, 2.24) is 9.29 Å². The van der Waals surface area contributed by atoms with Crippen molar-refractivity contribution in [2.75, 3.05) is 26.3 Å². The molecular formula is C18H16N2O4S. The molecule has 1 saturated heterocycles. The summed E-state index contributed by atoms with van der Waals surface area (Å²) in [6.45, 7) is 1.57. The van der Waals surface area contributed by atoms with Crippen LogP contribution in [0.3, 0.4) is 0 Å². The number of sulfonamides is 1. The Morgan fingerprint density at radius 2 is 1.84 bits per heavy atom. The van der Waals surface area contributed by atoms with E-state index in [1.54, 1.807) is 18.2 Å². The number of pyridine rings is 1.